The van der Waals surface area contributed by atoms with E-state index >= 15 is 0 Å². The number of guanidine groups is 1. The average molecular weight is 376 g/mol. The first-order valence-corrected chi connectivity index (χ1v) is 8.68. The molecule has 7 heteroatoms. The van der Waals surface area contributed by atoms with Gasteiger partial charge in [0.05, 0.1) is 6.10 Å². The second kappa shape index (κ2) is 8.29. The molecule has 1 aliphatic rings. The number of aliphatic imine (C=N–C) groups is 1. The zero-order valence-corrected chi connectivity index (χ0v) is 15.5. The monoisotopic (exact) mass is 375 g/mol. The molecule has 26 heavy (non-hydrogen) atoms. The molecule has 3 rings (SSSR count). The first-order chi connectivity index (χ1) is 12.6. The van der Waals surface area contributed by atoms with E-state index in [9.17, 15) is 5.11 Å². The van der Waals surface area contributed by atoms with Crippen LogP contribution in [0.1, 0.15) is 17.2 Å². The highest BCUT2D eigenvalue weighted by Gasteiger charge is 2.15. The van der Waals surface area contributed by atoms with Crippen LogP contribution in [-0.2, 0) is 6.54 Å². The van der Waals surface area contributed by atoms with Gasteiger partial charge >= 0.3 is 0 Å². The number of ether oxygens (including phenoxy) is 2. The van der Waals surface area contributed by atoms with Crippen molar-refractivity contribution in [1.82, 2.24) is 10.2 Å². The van der Waals surface area contributed by atoms with Crippen LogP contribution < -0.4 is 14.8 Å². The molecule has 1 aliphatic heterocycles. The van der Waals surface area contributed by atoms with Crippen LogP contribution in [0.2, 0.25) is 5.02 Å². The van der Waals surface area contributed by atoms with Crippen LogP contribution in [-0.4, -0.2) is 43.4 Å². The third-order valence-electron chi connectivity index (χ3n) is 4.14. The van der Waals surface area contributed by atoms with E-state index in [1.165, 1.54) is 0 Å². The Morgan fingerprint density at radius 2 is 1.96 bits per heavy atom. The highest BCUT2D eigenvalue weighted by atomic mass is 35.5. The molecule has 0 saturated heterocycles. The van der Waals surface area contributed by atoms with Gasteiger partial charge in [0.1, 0.15) is 0 Å². The van der Waals surface area contributed by atoms with Crippen molar-refractivity contribution < 1.29 is 14.6 Å². The Morgan fingerprint density at radius 1 is 1.23 bits per heavy atom. The van der Waals surface area contributed by atoms with Crippen molar-refractivity contribution in [3.05, 3.63) is 58.6 Å². The Balaban J connectivity index is 1.57. The maximum atomic E-state index is 10.3. The number of hydrogen-bond donors (Lipinski definition) is 2. The van der Waals surface area contributed by atoms with Gasteiger partial charge in [0.15, 0.2) is 17.5 Å². The van der Waals surface area contributed by atoms with Crippen molar-refractivity contribution in [1.29, 1.82) is 0 Å². The lowest BCUT2D eigenvalue weighted by Crippen LogP contribution is -2.40. The zero-order valence-electron chi connectivity index (χ0n) is 14.8. The Hall–Kier alpha value is -2.44. The summed E-state index contributed by atoms with van der Waals surface area (Å²) in [6.45, 7) is 1.26. The molecule has 1 unspecified atom stereocenters. The van der Waals surface area contributed by atoms with E-state index in [0.717, 1.165) is 22.6 Å². The van der Waals surface area contributed by atoms with E-state index in [1.54, 1.807) is 19.2 Å². The highest BCUT2D eigenvalue weighted by Crippen LogP contribution is 2.32. The van der Waals surface area contributed by atoms with E-state index < -0.39 is 6.10 Å². The van der Waals surface area contributed by atoms with Gasteiger partial charge in [-0.25, -0.2) is 0 Å². The third kappa shape index (κ3) is 4.39. The summed E-state index contributed by atoms with van der Waals surface area (Å²) < 4.78 is 10.7. The van der Waals surface area contributed by atoms with Crippen LogP contribution in [0.25, 0.3) is 0 Å². The van der Waals surface area contributed by atoms with Crippen LogP contribution in [0.15, 0.2) is 47.5 Å². The number of aliphatic hydroxyl groups excluding tert-OH is 1. The zero-order chi connectivity index (χ0) is 18.5. The third-order valence-corrected chi connectivity index (χ3v) is 4.39. The minimum Gasteiger partial charge on any atom is -0.454 e. The van der Waals surface area contributed by atoms with Crippen LogP contribution in [0.5, 0.6) is 11.5 Å². The first-order valence-electron chi connectivity index (χ1n) is 8.30. The van der Waals surface area contributed by atoms with Gasteiger partial charge in [0.2, 0.25) is 6.79 Å². The second-order valence-corrected chi connectivity index (χ2v) is 6.48. The molecule has 0 radical (unpaired) electrons. The molecular formula is C19H22ClN3O3. The number of fused-ring (bicyclic) bond motifs is 1. The topological polar surface area (TPSA) is 66.3 Å². The van der Waals surface area contributed by atoms with E-state index in [2.05, 4.69) is 10.3 Å². The summed E-state index contributed by atoms with van der Waals surface area (Å²) in [4.78, 5) is 6.26. The highest BCUT2D eigenvalue weighted by molar-refractivity contribution is 6.30. The molecule has 138 valence electrons. The smallest absolute Gasteiger partial charge is 0.231 e. The van der Waals surface area contributed by atoms with Crippen molar-refractivity contribution >= 4 is 17.6 Å². The molecular weight excluding hydrogens is 354 g/mol. The molecule has 2 aromatic carbocycles. The molecule has 2 aromatic rings. The summed E-state index contributed by atoms with van der Waals surface area (Å²) in [6, 6.07) is 13.0. The predicted octanol–water partition coefficient (Wildman–Crippen LogP) is 2.81. The van der Waals surface area contributed by atoms with Crippen LogP contribution in [0, 0.1) is 0 Å². The summed E-state index contributed by atoms with van der Waals surface area (Å²) in [6.07, 6.45) is -0.650. The lowest BCUT2D eigenvalue weighted by atomic mass is 10.1. The SMILES string of the molecule is CN=C(NCC(O)c1ccc(Cl)cc1)N(C)Cc1ccc2c(c1)OCO2. The van der Waals surface area contributed by atoms with Gasteiger partial charge in [-0.3, -0.25) is 4.99 Å². The minimum absolute atomic E-state index is 0.264. The lowest BCUT2D eigenvalue weighted by Gasteiger charge is -2.23. The molecule has 0 amide bonds. The van der Waals surface area contributed by atoms with E-state index in [4.69, 9.17) is 21.1 Å². The molecule has 0 saturated carbocycles. The minimum atomic E-state index is -0.650. The molecule has 0 aromatic heterocycles. The van der Waals surface area contributed by atoms with Gasteiger partial charge in [-0.2, -0.15) is 0 Å². The van der Waals surface area contributed by atoms with Crippen molar-refractivity contribution in [2.75, 3.05) is 27.4 Å². The summed E-state index contributed by atoms with van der Waals surface area (Å²) in [5.74, 6) is 2.22. The predicted molar refractivity (Wildman–Crippen MR) is 102 cm³/mol. The molecule has 6 nitrogen and oxygen atoms in total. The maximum absolute atomic E-state index is 10.3. The summed E-state index contributed by atoms with van der Waals surface area (Å²) in [5, 5.41) is 14.2. The Kier molecular flexibility index (Phi) is 5.85. The Bertz CT molecular complexity index is 780. The Labute approximate surface area is 158 Å². The average Bonchev–Trinajstić information content (AvgIpc) is 3.10. The standard InChI is InChI=1S/C19H22ClN3O3/c1-21-19(22-10-16(24)14-4-6-15(20)7-5-14)23(2)11-13-3-8-17-18(9-13)26-12-25-17/h3-9,16,24H,10-12H2,1-2H3,(H,21,22). The molecule has 1 atom stereocenters. The number of nitrogens with one attached hydrogen (secondary N) is 1. The van der Waals surface area contributed by atoms with Gasteiger partial charge in [-0.05, 0) is 35.4 Å². The number of benzene rings is 2. The van der Waals surface area contributed by atoms with Crippen LogP contribution >= 0.6 is 11.6 Å². The van der Waals surface area contributed by atoms with Crippen molar-refractivity contribution in [3.8, 4) is 11.5 Å². The van der Waals surface area contributed by atoms with Crippen LogP contribution in [0.4, 0.5) is 0 Å². The normalized spacial score (nSPS) is 14.2. The van der Waals surface area contributed by atoms with E-state index in [1.807, 2.05) is 42.3 Å². The summed E-state index contributed by atoms with van der Waals surface area (Å²) in [5.41, 5.74) is 1.88. The fourth-order valence-electron chi connectivity index (χ4n) is 2.76. The lowest BCUT2D eigenvalue weighted by molar-refractivity contribution is 0.174. The van der Waals surface area contributed by atoms with Gasteiger partial charge in [0.25, 0.3) is 0 Å². The molecule has 2 N–H and O–H groups in total. The number of rotatable bonds is 5. The summed E-state index contributed by atoms with van der Waals surface area (Å²) in [7, 11) is 3.65. The fourth-order valence-corrected chi connectivity index (χ4v) is 2.89. The largest absolute Gasteiger partial charge is 0.454 e. The number of aliphatic hydroxyl groups is 1. The van der Waals surface area contributed by atoms with Crippen molar-refractivity contribution in [2.24, 2.45) is 4.99 Å². The number of hydrogen-bond acceptors (Lipinski definition) is 4. The van der Waals surface area contributed by atoms with Gasteiger partial charge < -0.3 is 24.8 Å². The molecule has 0 bridgehead atoms. The molecule has 0 spiro atoms. The second-order valence-electron chi connectivity index (χ2n) is 6.04. The van der Waals surface area contributed by atoms with E-state index in [-0.39, 0.29) is 6.79 Å². The van der Waals surface area contributed by atoms with Gasteiger partial charge in [-0.15, -0.1) is 0 Å². The number of nitrogens with zero attached hydrogens (tertiary/aromatic N) is 2. The van der Waals surface area contributed by atoms with Crippen molar-refractivity contribution in [3.63, 3.8) is 0 Å². The van der Waals surface area contributed by atoms with E-state index in [0.29, 0.717) is 24.1 Å². The van der Waals surface area contributed by atoms with Gasteiger partial charge in [-0.1, -0.05) is 29.8 Å². The first kappa shape index (κ1) is 18.4. The van der Waals surface area contributed by atoms with Crippen LogP contribution in [0.3, 0.4) is 0 Å². The Morgan fingerprint density at radius 3 is 2.69 bits per heavy atom. The molecule has 1 heterocycles. The van der Waals surface area contributed by atoms with Crippen molar-refractivity contribution in [2.45, 2.75) is 12.6 Å². The molecule has 0 fully saturated rings. The fraction of sp³-hybridized carbons (Fsp3) is 0.316. The quantitative estimate of drug-likeness (QED) is 0.621. The summed E-state index contributed by atoms with van der Waals surface area (Å²) >= 11 is 5.88. The van der Waals surface area contributed by atoms with Gasteiger partial charge in [0, 0.05) is 32.2 Å². The maximum Gasteiger partial charge on any atom is 0.231 e. The molecule has 0 aliphatic carbocycles. The number of halogens is 1.